The Balaban J connectivity index is 2.23. The number of hydrogen-bond acceptors (Lipinski definition) is 3. The van der Waals surface area contributed by atoms with Crippen LogP contribution in [0, 0.1) is 23.0 Å². The number of rotatable bonds is 5. The Hall–Kier alpha value is -1.05. The van der Waals surface area contributed by atoms with Crippen LogP contribution < -0.4 is 10.5 Å². The van der Waals surface area contributed by atoms with Crippen LogP contribution in [-0.2, 0) is 16.6 Å². The standard InChI is InChI=1S/C13H18F2N2O2S/c1-13(2)5-9(13)7-17-20(18,19)11-4-8(6-16)3-10(14)12(11)15/h3-4,9,17H,5-7,16H2,1-2H3. The van der Waals surface area contributed by atoms with Crippen molar-refractivity contribution in [3.8, 4) is 0 Å². The van der Waals surface area contributed by atoms with Crippen molar-refractivity contribution in [3.63, 3.8) is 0 Å². The van der Waals surface area contributed by atoms with Gasteiger partial charge in [0, 0.05) is 13.1 Å². The Morgan fingerprint density at radius 1 is 1.40 bits per heavy atom. The van der Waals surface area contributed by atoms with E-state index >= 15 is 0 Å². The van der Waals surface area contributed by atoms with E-state index in [1.807, 2.05) is 13.8 Å². The molecule has 1 aliphatic carbocycles. The van der Waals surface area contributed by atoms with Crippen LogP contribution in [0.25, 0.3) is 0 Å². The van der Waals surface area contributed by atoms with Gasteiger partial charge in [-0.2, -0.15) is 0 Å². The molecule has 7 heteroatoms. The van der Waals surface area contributed by atoms with E-state index < -0.39 is 26.6 Å². The summed E-state index contributed by atoms with van der Waals surface area (Å²) in [6.45, 7) is 4.22. The topological polar surface area (TPSA) is 72.2 Å². The van der Waals surface area contributed by atoms with Crippen LogP contribution in [0.4, 0.5) is 8.78 Å². The highest BCUT2D eigenvalue weighted by Crippen LogP contribution is 2.51. The van der Waals surface area contributed by atoms with E-state index in [1.165, 1.54) is 0 Å². The molecular formula is C13H18F2N2O2S. The minimum Gasteiger partial charge on any atom is -0.326 e. The van der Waals surface area contributed by atoms with Crippen molar-refractivity contribution in [2.24, 2.45) is 17.1 Å². The minimum absolute atomic E-state index is 0.0601. The normalized spacial score (nSPS) is 20.9. The molecule has 0 spiro atoms. The van der Waals surface area contributed by atoms with Crippen molar-refractivity contribution in [2.75, 3.05) is 6.54 Å². The molecule has 1 aromatic rings. The molecule has 0 amide bonds. The zero-order valence-electron chi connectivity index (χ0n) is 11.4. The fraction of sp³-hybridized carbons (Fsp3) is 0.538. The summed E-state index contributed by atoms with van der Waals surface area (Å²) in [5, 5.41) is 0. The summed E-state index contributed by atoms with van der Waals surface area (Å²) < 4.78 is 53.5. The molecule has 2 rings (SSSR count). The lowest BCUT2D eigenvalue weighted by Gasteiger charge is -2.10. The molecule has 4 nitrogen and oxygen atoms in total. The number of sulfonamides is 1. The maximum atomic E-state index is 13.7. The van der Waals surface area contributed by atoms with Crippen LogP contribution in [-0.4, -0.2) is 15.0 Å². The number of nitrogens with two attached hydrogens (primary N) is 1. The van der Waals surface area contributed by atoms with E-state index in [0.29, 0.717) is 0 Å². The molecule has 1 unspecified atom stereocenters. The predicted molar refractivity (Wildman–Crippen MR) is 71.3 cm³/mol. The van der Waals surface area contributed by atoms with E-state index in [-0.39, 0.29) is 30.0 Å². The number of nitrogens with one attached hydrogen (secondary N) is 1. The molecule has 1 saturated carbocycles. The second-order valence-electron chi connectivity index (χ2n) is 5.84. The number of halogens is 2. The maximum Gasteiger partial charge on any atom is 0.243 e. The van der Waals surface area contributed by atoms with Crippen LogP contribution >= 0.6 is 0 Å². The molecule has 0 radical (unpaired) electrons. The van der Waals surface area contributed by atoms with E-state index in [9.17, 15) is 17.2 Å². The molecule has 0 aromatic heterocycles. The highest BCUT2D eigenvalue weighted by Gasteiger charge is 2.45. The molecule has 1 atom stereocenters. The predicted octanol–water partition coefficient (Wildman–Crippen LogP) is 1.75. The molecule has 1 aliphatic rings. The van der Waals surface area contributed by atoms with Gasteiger partial charge in [-0.25, -0.2) is 21.9 Å². The summed E-state index contributed by atoms with van der Waals surface area (Å²) in [5.74, 6) is -2.35. The molecule has 0 saturated heterocycles. The monoisotopic (exact) mass is 304 g/mol. The van der Waals surface area contributed by atoms with Crippen LogP contribution in [0.2, 0.25) is 0 Å². The Kier molecular flexibility index (Phi) is 3.88. The van der Waals surface area contributed by atoms with Crippen LogP contribution in [0.3, 0.4) is 0 Å². The molecular weight excluding hydrogens is 286 g/mol. The molecule has 1 fully saturated rings. The van der Waals surface area contributed by atoms with Crippen molar-refractivity contribution in [2.45, 2.75) is 31.7 Å². The van der Waals surface area contributed by atoms with Crippen molar-refractivity contribution < 1.29 is 17.2 Å². The zero-order valence-corrected chi connectivity index (χ0v) is 12.2. The summed E-state index contributed by atoms with van der Waals surface area (Å²) in [6, 6.07) is 1.97. The maximum absolute atomic E-state index is 13.7. The van der Waals surface area contributed by atoms with Crippen molar-refractivity contribution >= 4 is 10.0 Å². The van der Waals surface area contributed by atoms with Gasteiger partial charge in [-0.3, -0.25) is 0 Å². The third-order valence-electron chi connectivity index (χ3n) is 3.82. The fourth-order valence-corrected chi connectivity index (χ4v) is 3.36. The lowest BCUT2D eigenvalue weighted by molar-refractivity contribution is 0.480. The van der Waals surface area contributed by atoms with Gasteiger partial charge in [0.25, 0.3) is 0 Å². The second-order valence-corrected chi connectivity index (χ2v) is 7.57. The molecule has 0 heterocycles. The summed E-state index contributed by atoms with van der Waals surface area (Å²) in [4.78, 5) is -0.684. The quantitative estimate of drug-likeness (QED) is 0.870. The first-order chi connectivity index (χ1) is 9.17. The van der Waals surface area contributed by atoms with E-state index in [1.54, 1.807) is 0 Å². The Morgan fingerprint density at radius 2 is 2.00 bits per heavy atom. The highest BCUT2D eigenvalue weighted by molar-refractivity contribution is 7.89. The largest absolute Gasteiger partial charge is 0.326 e. The van der Waals surface area contributed by atoms with Crippen LogP contribution in [0.5, 0.6) is 0 Å². The van der Waals surface area contributed by atoms with E-state index in [0.717, 1.165) is 18.6 Å². The van der Waals surface area contributed by atoms with Crippen molar-refractivity contribution in [1.29, 1.82) is 0 Å². The molecule has 3 N–H and O–H groups in total. The number of benzene rings is 1. The summed E-state index contributed by atoms with van der Waals surface area (Å²) in [6.07, 6.45) is 0.912. The van der Waals surface area contributed by atoms with Crippen LogP contribution in [0.15, 0.2) is 17.0 Å². The summed E-state index contributed by atoms with van der Waals surface area (Å²) in [5.41, 5.74) is 5.68. The first-order valence-electron chi connectivity index (χ1n) is 6.35. The fourth-order valence-electron chi connectivity index (χ4n) is 2.14. The second kappa shape index (κ2) is 5.05. The zero-order chi connectivity index (χ0) is 15.1. The van der Waals surface area contributed by atoms with Crippen molar-refractivity contribution in [3.05, 3.63) is 29.3 Å². The Bertz CT molecular complexity index is 630. The van der Waals surface area contributed by atoms with E-state index in [2.05, 4.69) is 4.72 Å². The molecule has 0 aliphatic heterocycles. The minimum atomic E-state index is -4.07. The summed E-state index contributed by atoms with van der Waals surface area (Å²) >= 11 is 0. The molecule has 1 aromatic carbocycles. The third kappa shape index (κ3) is 2.99. The summed E-state index contributed by atoms with van der Waals surface area (Å²) in [7, 11) is -4.07. The first-order valence-corrected chi connectivity index (χ1v) is 7.83. The van der Waals surface area contributed by atoms with Gasteiger partial charge in [0.1, 0.15) is 4.90 Å². The highest BCUT2D eigenvalue weighted by atomic mass is 32.2. The lowest BCUT2D eigenvalue weighted by atomic mass is 10.1. The Labute approximate surface area is 117 Å². The van der Waals surface area contributed by atoms with E-state index in [4.69, 9.17) is 5.73 Å². The van der Waals surface area contributed by atoms with Gasteiger partial charge >= 0.3 is 0 Å². The van der Waals surface area contributed by atoms with Gasteiger partial charge in [-0.15, -0.1) is 0 Å². The SMILES string of the molecule is CC1(C)CC1CNS(=O)(=O)c1cc(CN)cc(F)c1F. The molecule has 112 valence electrons. The third-order valence-corrected chi connectivity index (χ3v) is 5.24. The first kappa shape index (κ1) is 15.3. The van der Waals surface area contributed by atoms with Gasteiger partial charge in [-0.05, 0) is 35.4 Å². The van der Waals surface area contributed by atoms with Gasteiger partial charge in [0.15, 0.2) is 11.6 Å². The van der Waals surface area contributed by atoms with Crippen LogP contribution in [0.1, 0.15) is 25.8 Å². The number of hydrogen-bond donors (Lipinski definition) is 2. The average Bonchev–Trinajstić information content (AvgIpc) is 2.98. The smallest absolute Gasteiger partial charge is 0.243 e. The molecule has 20 heavy (non-hydrogen) atoms. The van der Waals surface area contributed by atoms with Gasteiger partial charge in [0.2, 0.25) is 10.0 Å². The average molecular weight is 304 g/mol. The Morgan fingerprint density at radius 3 is 2.50 bits per heavy atom. The van der Waals surface area contributed by atoms with Gasteiger partial charge < -0.3 is 5.73 Å². The van der Waals surface area contributed by atoms with Gasteiger partial charge in [0.05, 0.1) is 0 Å². The molecule has 0 bridgehead atoms. The van der Waals surface area contributed by atoms with Gasteiger partial charge in [-0.1, -0.05) is 13.8 Å². The van der Waals surface area contributed by atoms with Crippen molar-refractivity contribution in [1.82, 2.24) is 4.72 Å². The lowest BCUT2D eigenvalue weighted by Crippen LogP contribution is -2.28.